The number of nitrogens with zero attached hydrogens (tertiary/aromatic N) is 2. The van der Waals surface area contributed by atoms with E-state index >= 15 is 0 Å². The molecule has 0 amide bonds. The zero-order valence-electron chi connectivity index (χ0n) is 15.8. The highest BCUT2D eigenvalue weighted by molar-refractivity contribution is 7.89. The molecule has 1 atom stereocenters. The number of nitrogens with two attached hydrogens (primary N) is 1. The monoisotopic (exact) mass is 409 g/mol. The van der Waals surface area contributed by atoms with Crippen LogP contribution in [0.4, 0.5) is 8.78 Å². The average Bonchev–Trinajstić information content (AvgIpc) is 2.71. The Bertz CT molecular complexity index is 901. The fourth-order valence-corrected chi connectivity index (χ4v) is 5.26. The molecule has 0 unspecified atom stereocenters. The first kappa shape index (κ1) is 20.8. The van der Waals surface area contributed by atoms with Gasteiger partial charge in [-0.2, -0.15) is 4.31 Å². The standard InChI is InChI=1S/C20H25F2N3O2S/c1-25(28(26,27)18-3-2-10-24-13-18)17-7-4-14(5-8-17)20(23)12-15-11-16(21)6-9-19(15)22/h2-3,6,9-11,13-14,17,20H,4-5,7-8,12,23H2,1H3/t14?,17?,20-/m1/s1. The number of halogens is 2. The Hall–Kier alpha value is -1.90. The molecule has 1 aliphatic rings. The summed E-state index contributed by atoms with van der Waals surface area (Å²) in [6, 6.07) is 6.13. The van der Waals surface area contributed by atoms with Crippen LogP contribution in [0.3, 0.4) is 0 Å². The van der Waals surface area contributed by atoms with Crippen LogP contribution in [0.25, 0.3) is 0 Å². The zero-order chi connectivity index (χ0) is 20.3. The van der Waals surface area contributed by atoms with Gasteiger partial charge in [0.2, 0.25) is 10.0 Å². The van der Waals surface area contributed by atoms with Crippen molar-refractivity contribution in [2.75, 3.05) is 7.05 Å². The Kier molecular flexibility index (Phi) is 6.42. The van der Waals surface area contributed by atoms with E-state index in [0.29, 0.717) is 12.8 Å². The van der Waals surface area contributed by atoms with Crippen molar-refractivity contribution in [2.24, 2.45) is 11.7 Å². The first-order valence-electron chi connectivity index (χ1n) is 9.36. The van der Waals surface area contributed by atoms with E-state index < -0.39 is 21.7 Å². The molecule has 0 bridgehead atoms. The van der Waals surface area contributed by atoms with Gasteiger partial charge in [0.25, 0.3) is 0 Å². The predicted octanol–water partition coefficient (Wildman–Crippen LogP) is 3.11. The van der Waals surface area contributed by atoms with Crippen molar-refractivity contribution in [2.45, 2.75) is 49.1 Å². The molecule has 1 fully saturated rings. The Morgan fingerprint density at radius 2 is 1.93 bits per heavy atom. The van der Waals surface area contributed by atoms with Crippen LogP contribution in [0.15, 0.2) is 47.6 Å². The summed E-state index contributed by atoms with van der Waals surface area (Å²) < 4.78 is 54.1. The van der Waals surface area contributed by atoms with Crippen molar-refractivity contribution in [3.8, 4) is 0 Å². The Balaban J connectivity index is 1.60. The van der Waals surface area contributed by atoms with Gasteiger partial charge in [-0.3, -0.25) is 4.98 Å². The largest absolute Gasteiger partial charge is 0.327 e. The van der Waals surface area contributed by atoms with Gasteiger partial charge in [0.15, 0.2) is 0 Å². The highest BCUT2D eigenvalue weighted by atomic mass is 32.2. The van der Waals surface area contributed by atoms with Gasteiger partial charge in [-0.25, -0.2) is 17.2 Å². The molecule has 3 rings (SSSR count). The summed E-state index contributed by atoms with van der Waals surface area (Å²) in [5, 5.41) is 0. The number of pyridine rings is 1. The normalized spacial score (nSPS) is 21.6. The van der Waals surface area contributed by atoms with Gasteiger partial charge in [0.05, 0.1) is 0 Å². The van der Waals surface area contributed by atoms with E-state index in [1.54, 1.807) is 13.1 Å². The average molecular weight is 410 g/mol. The van der Waals surface area contributed by atoms with Gasteiger partial charge in [-0.1, -0.05) is 0 Å². The van der Waals surface area contributed by atoms with Crippen LogP contribution in [0.2, 0.25) is 0 Å². The van der Waals surface area contributed by atoms with Gasteiger partial charge in [-0.05, 0) is 73.9 Å². The molecule has 0 spiro atoms. The van der Waals surface area contributed by atoms with Crippen molar-refractivity contribution in [3.63, 3.8) is 0 Å². The number of sulfonamides is 1. The lowest BCUT2D eigenvalue weighted by atomic mass is 9.80. The molecule has 1 aliphatic carbocycles. The first-order valence-corrected chi connectivity index (χ1v) is 10.8. The Labute approximate surface area is 164 Å². The third kappa shape index (κ3) is 4.56. The Morgan fingerprint density at radius 3 is 2.57 bits per heavy atom. The highest BCUT2D eigenvalue weighted by Crippen LogP contribution is 2.32. The second-order valence-electron chi connectivity index (χ2n) is 7.38. The number of aromatic nitrogens is 1. The minimum atomic E-state index is -3.59. The van der Waals surface area contributed by atoms with Gasteiger partial charge < -0.3 is 5.73 Å². The fourth-order valence-electron chi connectivity index (χ4n) is 3.88. The van der Waals surface area contributed by atoms with E-state index in [-0.39, 0.29) is 34.9 Å². The lowest BCUT2D eigenvalue weighted by Gasteiger charge is -2.36. The molecule has 1 aromatic carbocycles. The minimum Gasteiger partial charge on any atom is -0.327 e. The molecule has 0 saturated heterocycles. The zero-order valence-corrected chi connectivity index (χ0v) is 16.6. The number of benzene rings is 1. The van der Waals surface area contributed by atoms with Crippen LogP contribution in [0, 0.1) is 17.6 Å². The lowest BCUT2D eigenvalue weighted by molar-refractivity contribution is 0.214. The third-order valence-electron chi connectivity index (χ3n) is 5.64. The van der Waals surface area contributed by atoms with Gasteiger partial charge in [0.1, 0.15) is 16.5 Å². The topological polar surface area (TPSA) is 76.3 Å². The maximum absolute atomic E-state index is 13.9. The molecule has 2 N–H and O–H groups in total. The van der Waals surface area contributed by atoms with Crippen molar-refractivity contribution in [1.29, 1.82) is 0 Å². The number of hydrogen-bond acceptors (Lipinski definition) is 4. The summed E-state index contributed by atoms with van der Waals surface area (Å²) in [5.41, 5.74) is 6.55. The van der Waals surface area contributed by atoms with Gasteiger partial charge >= 0.3 is 0 Å². The molecule has 0 radical (unpaired) electrons. The van der Waals surface area contributed by atoms with Crippen LogP contribution in [-0.4, -0.2) is 36.8 Å². The Morgan fingerprint density at radius 1 is 1.21 bits per heavy atom. The predicted molar refractivity (Wildman–Crippen MR) is 103 cm³/mol. The van der Waals surface area contributed by atoms with E-state index in [1.807, 2.05) is 0 Å². The van der Waals surface area contributed by atoms with E-state index in [1.165, 1.54) is 28.8 Å². The van der Waals surface area contributed by atoms with Crippen molar-refractivity contribution >= 4 is 10.0 Å². The lowest BCUT2D eigenvalue weighted by Crippen LogP contribution is -2.42. The van der Waals surface area contributed by atoms with Crippen LogP contribution in [0.1, 0.15) is 31.2 Å². The van der Waals surface area contributed by atoms with Crippen molar-refractivity contribution in [1.82, 2.24) is 9.29 Å². The smallest absolute Gasteiger partial charge is 0.244 e. The molecule has 8 heteroatoms. The molecule has 2 aromatic rings. The van der Waals surface area contributed by atoms with E-state index in [9.17, 15) is 17.2 Å². The molecular formula is C20H25F2N3O2S. The molecular weight excluding hydrogens is 384 g/mol. The van der Waals surface area contributed by atoms with Gasteiger partial charge in [-0.15, -0.1) is 0 Å². The molecule has 28 heavy (non-hydrogen) atoms. The highest BCUT2D eigenvalue weighted by Gasteiger charge is 2.33. The molecule has 152 valence electrons. The summed E-state index contributed by atoms with van der Waals surface area (Å²) in [4.78, 5) is 4.07. The van der Waals surface area contributed by atoms with E-state index in [0.717, 1.165) is 25.0 Å². The number of hydrogen-bond donors (Lipinski definition) is 1. The minimum absolute atomic E-state index is 0.112. The van der Waals surface area contributed by atoms with Crippen LogP contribution in [-0.2, 0) is 16.4 Å². The fraction of sp³-hybridized carbons (Fsp3) is 0.450. The molecule has 1 heterocycles. The SMILES string of the molecule is CN(C1CCC([C@H](N)Cc2cc(F)ccc2F)CC1)S(=O)(=O)c1cccnc1. The maximum atomic E-state index is 13.9. The molecule has 1 saturated carbocycles. The summed E-state index contributed by atoms with van der Waals surface area (Å²) in [6.45, 7) is 0. The summed E-state index contributed by atoms with van der Waals surface area (Å²) in [7, 11) is -1.99. The van der Waals surface area contributed by atoms with Crippen LogP contribution >= 0.6 is 0 Å². The second kappa shape index (κ2) is 8.63. The summed E-state index contributed by atoms with van der Waals surface area (Å²) in [6.07, 6.45) is 6.00. The number of rotatable bonds is 6. The van der Waals surface area contributed by atoms with E-state index in [4.69, 9.17) is 5.73 Å². The van der Waals surface area contributed by atoms with Gasteiger partial charge in [0, 0.05) is 31.5 Å². The molecule has 5 nitrogen and oxygen atoms in total. The van der Waals surface area contributed by atoms with Crippen LogP contribution < -0.4 is 5.73 Å². The van der Waals surface area contributed by atoms with Crippen molar-refractivity contribution in [3.05, 3.63) is 59.9 Å². The summed E-state index contributed by atoms with van der Waals surface area (Å²) in [5.74, 6) is -0.782. The first-order chi connectivity index (χ1) is 13.3. The van der Waals surface area contributed by atoms with E-state index in [2.05, 4.69) is 4.98 Å². The second-order valence-corrected chi connectivity index (χ2v) is 9.38. The van der Waals surface area contributed by atoms with Crippen LogP contribution in [0.5, 0.6) is 0 Å². The maximum Gasteiger partial charge on any atom is 0.244 e. The third-order valence-corrected chi connectivity index (χ3v) is 7.53. The van der Waals surface area contributed by atoms with Crippen molar-refractivity contribution < 1.29 is 17.2 Å². The molecule has 1 aromatic heterocycles. The quantitative estimate of drug-likeness (QED) is 0.795. The molecule has 0 aliphatic heterocycles. The summed E-state index contributed by atoms with van der Waals surface area (Å²) >= 11 is 0.